The summed E-state index contributed by atoms with van der Waals surface area (Å²) in [5, 5.41) is 3.46. The minimum atomic E-state index is 0.153. The topological polar surface area (TPSA) is 24.5 Å². The SMILES string of the molecule is CN1c2ccccc2NC1COc1ccc(CCl)cc1. The molecule has 1 N–H and O–H groups in total. The Morgan fingerprint density at radius 2 is 1.90 bits per heavy atom. The highest BCUT2D eigenvalue weighted by Crippen LogP contribution is 2.32. The molecule has 0 spiro atoms. The summed E-state index contributed by atoms with van der Waals surface area (Å²) in [5.41, 5.74) is 3.46. The number of benzene rings is 2. The lowest BCUT2D eigenvalue weighted by Crippen LogP contribution is -2.37. The largest absolute Gasteiger partial charge is 0.489 e. The van der Waals surface area contributed by atoms with Crippen molar-refractivity contribution in [2.24, 2.45) is 0 Å². The average molecular weight is 289 g/mol. The monoisotopic (exact) mass is 288 g/mol. The predicted molar refractivity (Wildman–Crippen MR) is 83.7 cm³/mol. The second kappa shape index (κ2) is 5.63. The number of hydrogen-bond donors (Lipinski definition) is 1. The fourth-order valence-electron chi connectivity index (χ4n) is 2.35. The van der Waals surface area contributed by atoms with E-state index in [0.717, 1.165) is 17.0 Å². The zero-order valence-corrected chi connectivity index (χ0v) is 12.1. The van der Waals surface area contributed by atoms with Crippen LogP contribution in [0.4, 0.5) is 11.4 Å². The Hall–Kier alpha value is -1.87. The Balaban J connectivity index is 1.62. The molecule has 1 aliphatic rings. The predicted octanol–water partition coefficient (Wildman–Crippen LogP) is 3.69. The number of anilines is 2. The molecule has 2 aromatic rings. The number of hydrogen-bond acceptors (Lipinski definition) is 3. The first-order chi connectivity index (χ1) is 9.78. The second-order valence-corrected chi connectivity index (χ2v) is 5.14. The molecule has 0 saturated heterocycles. The number of nitrogens with zero attached hydrogens (tertiary/aromatic N) is 1. The van der Waals surface area contributed by atoms with Crippen LogP contribution in [0.2, 0.25) is 0 Å². The Labute approximate surface area is 124 Å². The number of rotatable bonds is 4. The molecule has 2 aromatic carbocycles. The minimum Gasteiger partial charge on any atom is -0.489 e. The lowest BCUT2D eigenvalue weighted by atomic mass is 10.2. The van der Waals surface area contributed by atoms with Crippen LogP contribution in [0, 0.1) is 0 Å². The first-order valence-corrected chi connectivity index (χ1v) is 7.17. The molecule has 104 valence electrons. The molecular weight excluding hydrogens is 272 g/mol. The third-order valence-electron chi connectivity index (χ3n) is 3.56. The maximum atomic E-state index is 5.84. The van der Waals surface area contributed by atoms with Crippen molar-refractivity contribution >= 4 is 23.0 Å². The van der Waals surface area contributed by atoms with Gasteiger partial charge in [0.15, 0.2) is 0 Å². The summed E-state index contributed by atoms with van der Waals surface area (Å²) in [6.07, 6.45) is 0.153. The van der Waals surface area contributed by atoms with Gasteiger partial charge in [-0.25, -0.2) is 0 Å². The molecule has 0 radical (unpaired) electrons. The van der Waals surface area contributed by atoms with Gasteiger partial charge in [0, 0.05) is 12.9 Å². The van der Waals surface area contributed by atoms with Crippen molar-refractivity contribution in [3.05, 3.63) is 54.1 Å². The maximum Gasteiger partial charge on any atom is 0.134 e. The summed E-state index contributed by atoms with van der Waals surface area (Å²) in [7, 11) is 2.07. The van der Waals surface area contributed by atoms with Gasteiger partial charge < -0.3 is 15.0 Å². The molecule has 0 aromatic heterocycles. The number of para-hydroxylation sites is 2. The van der Waals surface area contributed by atoms with Crippen LogP contribution in [-0.2, 0) is 5.88 Å². The van der Waals surface area contributed by atoms with Gasteiger partial charge >= 0.3 is 0 Å². The summed E-state index contributed by atoms with van der Waals surface area (Å²) >= 11 is 5.77. The van der Waals surface area contributed by atoms with Crippen LogP contribution in [-0.4, -0.2) is 19.8 Å². The summed E-state index contributed by atoms with van der Waals surface area (Å²) < 4.78 is 5.84. The summed E-state index contributed by atoms with van der Waals surface area (Å²) in [6, 6.07) is 16.2. The zero-order chi connectivity index (χ0) is 13.9. The van der Waals surface area contributed by atoms with Gasteiger partial charge in [-0.1, -0.05) is 24.3 Å². The molecule has 0 saturated carbocycles. The van der Waals surface area contributed by atoms with Crippen molar-refractivity contribution in [3.63, 3.8) is 0 Å². The molecule has 1 unspecified atom stereocenters. The van der Waals surface area contributed by atoms with E-state index in [9.17, 15) is 0 Å². The third kappa shape index (κ3) is 2.54. The number of alkyl halides is 1. The normalized spacial score (nSPS) is 16.7. The van der Waals surface area contributed by atoms with E-state index in [-0.39, 0.29) is 6.17 Å². The van der Waals surface area contributed by atoms with Crippen LogP contribution >= 0.6 is 11.6 Å². The van der Waals surface area contributed by atoms with E-state index in [1.165, 1.54) is 5.69 Å². The van der Waals surface area contributed by atoms with Gasteiger partial charge in [-0.3, -0.25) is 0 Å². The van der Waals surface area contributed by atoms with Gasteiger partial charge in [0.05, 0.1) is 11.4 Å². The van der Waals surface area contributed by atoms with Gasteiger partial charge in [-0.2, -0.15) is 0 Å². The van der Waals surface area contributed by atoms with E-state index >= 15 is 0 Å². The molecule has 1 heterocycles. The van der Waals surface area contributed by atoms with E-state index in [1.54, 1.807) is 0 Å². The Kier molecular flexibility index (Phi) is 3.70. The molecule has 3 rings (SSSR count). The number of fused-ring (bicyclic) bond motifs is 1. The molecular formula is C16H17ClN2O. The fraction of sp³-hybridized carbons (Fsp3) is 0.250. The van der Waals surface area contributed by atoms with Crippen LogP contribution in [0.1, 0.15) is 5.56 Å². The van der Waals surface area contributed by atoms with E-state index in [1.807, 2.05) is 36.4 Å². The van der Waals surface area contributed by atoms with Crippen molar-refractivity contribution < 1.29 is 4.74 Å². The van der Waals surface area contributed by atoms with Crippen molar-refractivity contribution in [1.29, 1.82) is 0 Å². The first kappa shape index (κ1) is 13.1. The molecule has 20 heavy (non-hydrogen) atoms. The molecule has 4 heteroatoms. The highest BCUT2D eigenvalue weighted by Gasteiger charge is 2.25. The molecule has 3 nitrogen and oxygen atoms in total. The molecule has 0 amide bonds. The van der Waals surface area contributed by atoms with Gasteiger partial charge in [-0.05, 0) is 29.8 Å². The minimum absolute atomic E-state index is 0.153. The van der Waals surface area contributed by atoms with Crippen LogP contribution in [0.15, 0.2) is 48.5 Å². The summed E-state index contributed by atoms with van der Waals surface area (Å²) in [6.45, 7) is 0.589. The van der Waals surface area contributed by atoms with Crippen molar-refractivity contribution in [1.82, 2.24) is 0 Å². The lowest BCUT2D eigenvalue weighted by molar-refractivity contribution is 0.298. The van der Waals surface area contributed by atoms with Crippen molar-refractivity contribution in [2.75, 3.05) is 23.9 Å². The first-order valence-electron chi connectivity index (χ1n) is 6.64. The van der Waals surface area contributed by atoms with Gasteiger partial charge in [-0.15, -0.1) is 11.6 Å². The van der Waals surface area contributed by atoms with Gasteiger partial charge in [0.2, 0.25) is 0 Å². The van der Waals surface area contributed by atoms with Crippen LogP contribution in [0.25, 0.3) is 0 Å². The molecule has 1 atom stereocenters. The number of halogens is 1. The summed E-state index contributed by atoms with van der Waals surface area (Å²) in [4.78, 5) is 2.20. The molecule has 1 aliphatic heterocycles. The highest BCUT2D eigenvalue weighted by atomic mass is 35.5. The van der Waals surface area contributed by atoms with Crippen molar-refractivity contribution in [2.45, 2.75) is 12.0 Å². The van der Waals surface area contributed by atoms with E-state index in [0.29, 0.717) is 12.5 Å². The fourth-order valence-corrected chi connectivity index (χ4v) is 2.53. The number of ether oxygens (including phenoxy) is 1. The highest BCUT2D eigenvalue weighted by molar-refractivity contribution is 6.17. The maximum absolute atomic E-state index is 5.84. The molecule has 0 fully saturated rings. The Morgan fingerprint density at radius 1 is 1.15 bits per heavy atom. The van der Waals surface area contributed by atoms with E-state index in [4.69, 9.17) is 16.3 Å². The second-order valence-electron chi connectivity index (χ2n) is 4.88. The number of likely N-dealkylation sites (N-methyl/N-ethyl adjacent to an activating group) is 1. The van der Waals surface area contributed by atoms with Gasteiger partial charge in [0.1, 0.15) is 18.5 Å². The third-order valence-corrected chi connectivity index (χ3v) is 3.87. The zero-order valence-electron chi connectivity index (χ0n) is 11.3. The quantitative estimate of drug-likeness (QED) is 0.869. The van der Waals surface area contributed by atoms with Crippen LogP contribution in [0.3, 0.4) is 0 Å². The Bertz CT molecular complexity index is 585. The Morgan fingerprint density at radius 3 is 2.60 bits per heavy atom. The van der Waals surface area contributed by atoms with Crippen LogP contribution < -0.4 is 15.0 Å². The number of nitrogens with one attached hydrogen (secondary N) is 1. The summed E-state index contributed by atoms with van der Waals surface area (Å²) in [5.74, 6) is 1.40. The molecule has 0 aliphatic carbocycles. The van der Waals surface area contributed by atoms with E-state index in [2.05, 4.69) is 29.4 Å². The van der Waals surface area contributed by atoms with Crippen molar-refractivity contribution in [3.8, 4) is 5.75 Å². The standard InChI is InChI=1S/C16H17ClN2O/c1-19-15-5-3-2-4-14(15)18-16(19)11-20-13-8-6-12(10-17)7-9-13/h2-9,16,18H,10-11H2,1H3. The average Bonchev–Trinajstić information content (AvgIpc) is 2.83. The van der Waals surface area contributed by atoms with E-state index < -0.39 is 0 Å². The van der Waals surface area contributed by atoms with Crippen LogP contribution in [0.5, 0.6) is 5.75 Å². The smallest absolute Gasteiger partial charge is 0.134 e. The molecule has 0 bridgehead atoms. The van der Waals surface area contributed by atoms with Gasteiger partial charge in [0.25, 0.3) is 0 Å². The lowest BCUT2D eigenvalue weighted by Gasteiger charge is -2.22.